The molecule has 118 valence electrons. The Hall–Kier alpha value is -2.04. The van der Waals surface area contributed by atoms with Crippen molar-refractivity contribution in [1.29, 1.82) is 0 Å². The number of pyridine rings is 1. The van der Waals surface area contributed by atoms with Crippen LogP contribution in [0.25, 0.3) is 11.1 Å². The Labute approximate surface area is 128 Å². The van der Waals surface area contributed by atoms with Crippen LogP contribution in [0.3, 0.4) is 0 Å². The summed E-state index contributed by atoms with van der Waals surface area (Å²) in [5.74, 6) is -0.279. The minimum atomic E-state index is -4.40. The molecular weight excluding hydrogens is 289 g/mol. The van der Waals surface area contributed by atoms with Crippen LogP contribution in [0, 0.1) is 0 Å². The van der Waals surface area contributed by atoms with E-state index in [4.69, 9.17) is 0 Å². The van der Waals surface area contributed by atoms with E-state index in [9.17, 15) is 13.2 Å². The summed E-state index contributed by atoms with van der Waals surface area (Å²) in [5, 5.41) is 0. The second-order valence-corrected chi connectivity index (χ2v) is 5.75. The number of hydrogen-bond donors (Lipinski definition) is 0. The lowest BCUT2D eigenvalue weighted by atomic mass is 9.99. The zero-order valence-corrected chi connectivity index (χ0v) is 13.1. The average Bonchev–Trinajstić information content (AvgIpc) is 2.45. The van der Waals surface area contributed by atoms with Crippen LogP contribution < -0.4 is 4.90 Å². The van der Waals surface area contributed by atoms with E-state index < -0.39 is 11.7 Å². The van der Waals surface area contributed by atoms with Crippen molar-refractivity contribution in [2.24, 2.45) is 0 Å². The average molecular weight is 308 g/mol. The van der Waals surface area contributed by atoms with Gasteiger partial charge >= 0.3 is 6.18 Å². The molecule has 0 saturated heterocycles. The number of aromatic nitrogens is 1. The van der Waals surface area contributed by atoms with Crippen molar-refractivity contribution in [2.75, 3.05) is 19.0 Å². The first-order valence-corrected chi connectivity index (χ1v) is 7.05. The highest BCUT2D eigenvalue weighted by atomic mass is 19.4. The highest BCUT2D eigenvalue weighted by Gasteiger charge is 2.35. The lowest BCUT2D eigenvalue weighted by molar-refractivity contribution is -0.138. The fraction of sp³-hybridized carbons (Fsp3) is 0.353. The van der Waals surface area contributed by atoms with Crippen molar-refractivity contribution in [3.8, 4) is 11.1 Å². The zero-order valence-electron chi connectivity index (χ0n) is 13.1. The van der Waals surface area contributed by atoms with Gasteiger partial charge in [-0.1, -0.05) is 26.0 Å². The normalized spacial score (nSPS) is 11.8. The van der Waals surface area contributed by atoms with Gasteiger partial charge in [-0.15, -0.1) is 0 Å². The molecule has 5 heteroatoms. The zero-order chi connectivity index (χ0) is 16.5. The Morgan fingerprint density at radius 1 is 1.05 bits per heavy atom. The number of halogens is 3. The van der Waals surface area contributed by atoms with Gasteiger partial charge in [0, 0.05) is 31.5 Å². The van der Waals surface area contributed by atoms with Crippen LogP contribution in [0.5, 0.6) is 0 Å². The molecule has 0 amide bonds. The number of rotatable bonds is 3. The summed E-state index contributed by atoms with van der Waals surface area (Å²) in [7, 11) is 3.78. The van der Waals surface area contributed by atoms with Crippen LogP contribution in [0.1, 0.15) is 31.0 Å². The molecule has 0 aliphatic carbocycles. The van der Waals surface area contributed by atoms with E-state index in [0.29, 0.717) is 5.56 Å². The maximum atomic E-state index is 13.3. The van der Waals surface area contributed by atoms with Crippen LogP contribution in [-0.2, 0) is 6.18 Å². The second-order valence-electron chi connectivity index (χ2n) is 5.75. The molecule has 1 aromatic heterocycles. The third-order valence-electron chi connectivity index (χ3n) is 3.47. The van der Waals surface area contributed by atoms with E-state index in [1.54, 1.807) is 19.9 Å². The first kappa shape index (κ1) is 16.3. The van der Waals surface area contributed by atoms with E-state index in [1.807, 2.05) is 37.2 Å². The minimum absolute atomic E-state index is 0.0833. The van der Waals surface area contributed by atoms with Gasteiger partial charge in [0.1, 0.15) is 0 Å². The molecule has 0 unspecified atom stereocenters. The third-order valence-corrected chi connectivity index (χ3v) is 3.47. The summed E-state index contributed by atoms with van der Waals surface area (Å²) >= 11 is 0. The molecule has 0 saturated carbocycles. The van der Waals surface area contributed by atoms with Gasteiger partial charge in [0.15, 0.2) is 0 Å². The van der Waals surface area contributed by atoms with E-state index in [-0.39, 0.29) is 11.6 Å². The summed E-state index contributed by atoms with van der Waals surface area (Å²) in [6.45, 7) is 3.42. The Bertz CT molecular complexity index is 661. The fourth-order valence-electron chi connectivity index (χ4n) is 2.28. The predicted octanol–water partition coefficient (Wildman–Crippen LogP) is 4.96. The van der Waals surface area contributed by atoms with Gasteiger partial charge in [0.25, 0.3) is 0 Å². The van der Waals surface area contributed by atoms with E-state index in [1.165, 1.54) is 12.3 Å². The molecule has 0 atom stereocenters. The molecule has 0 bridgehead atoms. The van der Waals surface area contributed by atoms with Gasteiger partial charge in [-0.3, -0.25) is 4.98 Å². The Morgan fingerprint density at radius 2 is 1.73 bits per heavy atom. The first-order chi connectivity index (χ1) is 10.2. The summed E-state index contributed by atoms with van der Waals surface area (Å²) in [5.41, 5.74) is 1.55. The predicted molar refractivity (Wildman–Crippen MR) is 83.1 cm³/mol. The topological polar surface area (TPSA) is 16.1 Å². The highest BCUT2D eigenvalue weighted by Crippen LogP contribution is 2.36. The number of benzene rings is 1. The van der Waals surface area contributed by atoms with Crippen molar-refractivity contribution in [1.82, 2.24) is 4.98 Å². The van der Waals surface area contributed by atoms with Crippen LogP contribution in [0.2, 0.25) is 0 Å². The first-order valence-electron chi connectivity index (χ1n) is 7.05. The van der Waals surface area contributed by atoms with Gasteiger partial charge < -0.3 is 4.90 Å². The van der Waals surface area contributed by atoms with Gasteiger partial charge in [0.2, 0.25) is 0 Å². The molecule has 0 aliphatic heterocycles. The molecule has 0 aliphatic rings. The molecule has 0 N–H and O–H groups in total. The maximum Gasteiger partial charge on any atom is 0.418 e. The SMILES string of the molecule is CC(C)c1ncc(-c2cccc(N(C)C)c2)cc1C(F)(F)F. The van der Waals surface area contributed by atoms with Gasteiger partial charge in [-0.25, -0.2) is 0 Å². The van der Waals surface area contributed by atoms with Crippen molar-refractivity contribution in [2.45, 2.75) is 25.9 Å². The molecular formula is C17H19F3N2. The lowest BCUT2D eigenvalue weighted by Crippen LogP contribution is -2.12. The molecule has 22 heavy (non-hydrogen) atoms. The van der Waals surface area contributed by atoms with Crippen molar-refractivity contribution in [3.05, 3.63) is 47.8 Å². The quantitative estimate of drug-likeness (QED) is 0.797. The molecule has 1 heterocycles. The number of alkyl halides is 3. The highest BCUT2D eigenvalue weighted by molar-refractivity contribution is 5.68. The number of hydrogen-bond acceptors (Lipinski definition) is 2. The van der Waals surface area contributed by atoms with Crippen molar-refractivity contribution < 1.29 is 13.2 Å². The summed E-state index contributed by atoms with van der Waals surface area (Å²) in [4.78, 5) is 5.97. The van der Waals surface area contributed by atoms with Crippen LogP contribution in [0.4, 0.5) is 18.9 Å². The molecule has 0 fully saturated rings. The van der Waals surface area contributed by atoms with Crippen LogP contribution in [-0.4, -0.2) is 19.1 Å². The lowest BCUT2D eigenvalue weighted by Gasteiger charge is -2.17. The summed E-state index contributed by atoms with van der Waals surface area (Å²) in [6, 6.07) is 8.57. The van der Waals surface area contributed by atoms with Gasteiger partial charge in [-0.05, 0) is 29.7 Å². The fourth-order valence-corrected chi connectivity index (χ4v) is 2.28. The third kappa shape index (κ3) is 3.40. The van der Waals surface area contributed by atoms with Crippen molar-refractivity contribution >= 4 is 5.69 Å². The Kier molecular flexibility index (Phi) is 4.44. The van der Waals surface area contributed by atoms with E-state index in [0.717, 1.165) is 11.3 Å². The largest absolute Gasteiger partial charge is 0.418 e. The Balaban J connectivity index is 2.56. The summed E-state index contributed by atoms with van der Waals surface area (Å²) in [6.07, 6.45) is -2.89. The Morgan fingerprint density at radius 3 is 2.27 bits per heavy atom. The molecule has 2 nitrogen and oxygen atoms in total. The van der Waals surface area contributed by atoms with Gasteiger partial charge in [0.05, 0.1) is 11.3 Å². The minimum Gasteiger partial charge on any atom is -0.378 e. The molecule has 2 rings (SSSR count). The van der Waals surface area contributed by atoms with Gasteiger partial charge in [-0.2, -0.15) is 13.2 Å². The maximum absolute atomic E-state index is 13.3. The molecule has 1 aromatic carbocycles. The van der Waals surface area contributed by atoms with Crippen LogP contribution >= 0.6 is 0 Å². The number of nitrogens with zero attached hydrogens (tertiary/aromatic N) is 2. The molecule has 0 radical (unpaired) electrons. The number of anilines is 1. The summed E-state index contributed by atoms with van der Waals surface area (Å²) < 4.78 is 39.8. The van der Waals surface area contributed by atoms with E-state index >= 15 is 0 Å². The molecule has 0 spiro atoms. The standard InChI is InChI=1S/C17H19F3N2/c1-11(2)16-15(17(18,19)20)9-13(10-21-16)12-6-5-7-14(8-12)22(3)4/h5-11H,1-4H3. The monoisotopic (exact) mass is 308 g/mol. The van der Waals surface area contributed by atoms with E-state index in [2.05, 4.69) is 4.98 Å². The van der Waals surface area contributed by atoms with Crippen molar-refractivity contribution in [3.63, 3.8) is 0 Å². The molecule has 2 aromatic rings. The van der Waals surface area contributed by atoms with Crippen LogP contribution in [0.15, 0.2) is 36.5 Å². The second kappa shape index (κ2) is 5.99. The smallest absolute Gasteiger partial charge is 0.378 e.